The van der Waals surface area contributed by atoms with Crippen molar-refractivity contribution in [3.05, 3.63) is 59.7 Å². The van der Waals surface area contributed by atoms with Crippen LogP contribution in [0, 0.1) is 0 Å². The zero-order valence-corrected chi connectivity index (χ0v) is 12.0. The molecule has 6 nitrogen and oxygen atoms in total. The third-order valence-electron chi connectivity index (χ3n) is 3.35. The van der Waals surface area contributed by atoms with Crippen molar-refractivity contribution >= 4 is 11.8 Å². The zero-order chi connectivity index (χ0) is 15.4. The lowest BCUT2D eigenvalue weighted by molar-refractivity contribution is 0.0950. The van der Waals surface area contributed by atoms with Gasteiger partial charge in [0.1, 0.15) is 0 Å². The van der Waals surface area contributed by atoms with E-state index in [4.69, 9.17) is 0 Å². The highest BCUT2D eigenvalue weighted by Crippen LogP contribution is 2.19. The van der Waals surface area contributed by atoms with Gasteiger partial charge in [0.05, 0.1) is 11.1 Å². The van der Waals surface area contributed by atoms with Crippen LogP contribution in [-0.2, 0) is 6.54 Å². The van der Waals surface area contributed by atoms with E-state index in [0.29, 0.717) is 17.7 Å². The number of hydrogen-bond acceptors (Lipinski definition) is 4. The second kappa shape index (κ2) is 6.34. The van der Waals surface area contributed by atoms with E-state index in [2.05, 4.69) is 20.6 Å². The number of pyridine rings is 2. The summed E-state index contributed by atoms with van der Waals surface area (Å²) in [5.41, 5.74) is 1.68. The lowest BCUT2D eigenvalue weighted by Crippen LogP contribution is -2.27. The highest BCUT2D eigenvalue weighted by Gasteiger charge is 2.24. The molecule has 1 fully saturated rings. The van der Waals surface area contributed by atoms with Crippen molar-refractivity contribution in [2.24, 2.45) is 0 Å². The van der Waals surface area contributed by atoms with Crippen LogP contribution >= 0.6 is 0 Å². The first-order valence-electron chi connectivity index (χ1n) is 7.15. The van der Waals surface area contributed by atoms with Crippen molar-refractivity contribution < 1.29 is 9.59 Å². The first-order chi connectivity index (χ1) is 10.7. The van der Waals surface area contributed by atoms with Crippen molar-refractivity contribution in [3.8, 4) is 0 Å². The molecule has 0 unspecified atom stereocenters. The van der Waals surface area contributed by atoms with E-state index in [1.165, 1.54) is 12.4 Å². The number of amides is 2. The SMILES string of the molecule is O=C(NCc1cccnc1)c1cncc(C(=O)NC2CC2)c1. The third kappa shape index (κ3) is 3.66. The molecule has 1 saturated carbocycles. The smallest absolute Gasteiger partial charge is 0.253 e. The summed E-state index contributed by atoms with van der Waals surface area (Å²) in [6.45, 7) is 0.380. The van der Waals surface area contributed by atoms with Crippen molar-refractivity contribution in [3.63, 3.8) is 0 Å². The van der Waals surface area contributed by atoms with Gasteiger partial charge in [-0.2, -0.15) is 0 Å². The van der Waals surface area contributed by atoms with Gasteiger partial charge in [-0.05, 0) is 30.5 Å². The maximum Gasteiger partial charge on any atom is 0.253 e. The van der Waals surface area contributed by atoms with Crippen LogP contribution in [0.1, 0.15) is 39.1 Å². The van der Waals surface area contributed by atoms with Crippen LogP contribution in [-0.4, -0.2) is 27.8 Å². The fourth-order valence-corrected chi connectivity index (χ4v) is 1.97. The second-order valence-electron chi connectivity index (χ2n) is 5.25. The molecule has 3 rings (SSSR count). The standard InChI is InChI=1S/C16H16N4O2/c21-15(19-8-11-2-1-5-17-7-11)12-6-13(10-18-9-12)16(22)20-14-3-4-14/h1-2,5-7,9-10,14H,3-4,8H2,(H,19,21)(H,20,22). The molecule has 2 aromatic rings. The summed E-state index contributed by atoms with van der Waals surface area (Å²) in [5.74, 6) is -0.450. The summed E-state index contributed by atoms with van der Waals surface area (Å²) >= 11 is 0. The summed E-state index contributed by atoms with van der Waals surface area (Å²) in [6.07, 6.45) is 8.33. The van der Waals surface area contributed by atoms with Gasteiger partial charge < -0.3 is 10.6 Å². The topological polar surface area (TPSA) is 84.0 Å². The van der Waals surface area contributed by atoms with Crippen LogP contribution in [0.25, 0.3) is 0 Å². The minimum absolute atomic E-state index is 0.183. The Morgan fingerprint density at radius 1 is 1.09 bits per heavy atom. The molecule has 0 aliphatic heterocycles. The average Bonchev–Trinajstić information content (AvgIpc) is 3.37. The second-order valence-corrected chi connectivity index (χ2v) is 5.25. The van der Waals surface area contributed by atoms with Gasteiger partial charge in [0.25, 0.3) is 11.8 Å². The molecule has 0 spiro atoms. The number of hydrogen-bond donors (Lipinski definition) is 2. The Morgan fingerprint density at radius 3 is 2.55 bits per heavy atom. The van der Waals surface area contributed by atoms with Gasteiger partial charge in [0, 0.05) is 37.4 Å². The van der Waals surface area contributed by atoms with Crippen LogP contribution in [0.4, 0.5) is 0 Å². The largest absolute Gasteiger partial charge is 0.349 e. The summed E-state index contributed by atoms with van der Waals surface area (Å²) in [5, 5.41) is 5.66. The maximum atomic E-state index is 12.1. The summed E-state index contributed by atoms with van der Waals surface area (Å²) in [6, 6.07) is 5.52. The zero-order valence-electron chi connectivity index (χ0n) is 12.0. The first kappa shape index (κ1) is 14.2. The van der Waals surface area contributed by atoms with Gasteiger partial charge in [-0.25, -0.2) is 0 Å². The molecule has 2 N–H and O–H groups in total. The molecule has 0 radical (unpaired) electrons. The predicted octanol–water partition coefficient (Wildman–Crippen LogP) is 1.30. The molecule has 0 atom stereocenters. The molecule has 2 amide bonds. The van der Waals surface area contributed by atoms with E-state index in [1.807, 2.05) is 12.1 Å². The molecule has 2 aromatic heterocycles. The van der Waals surface area contributed by atoms with Gasteiger partial charge in [0.15, 0.2) is 0 Å². The molecule has 0 bridgehead atoms. The van der Waals surface area contributed by atoms with Gasteiger partial charge in [-0.3, -0.25) is 19.6 Å². The number of carbonyl (C=O) groups excluding carboxylic acids is 2. The van der Waals surface area contributed by atoms with Crippen molar-refractivity contribution in [1.29, 1.82) is 0 Å². The molecule has 22 heavy (non-hydrogen) atoms. The van der Waals surface area contributed by atoms with Gasteiger partial charge in [-0.15, -0.1) is 0 Å². The highest BCUT2D eigenvalue weighted by atomic mass is 16.2. The summed E-state index contributed by atoms with van der Waals surface area (Å²) in [7, 11) is 0. The fourth-order valence-electron chi connectivity index (χ4n) is 1.97. The maximum absolute atomic E-state index is 12.1. The monoisotopic (exact) mass is 296 g/mol. The lowest BCUT2D eigenvalue weighted by Gasteiger charge is -2.07. The number of aromatic nitrogens is 2. The minimum Gasteiger partial charge on any atom is -0.349 e. The molecule has 1 aliphatic rings. The van der Waals surface area contributed by atoms with E-state index in [0.717, 1.165) is 18.4 Å². The summed E-state index contributed by atoms with van der Waals surface area (Å²) < 4.78 is 0. The normalized spacial score (nSPS) is 13.5. The Hall–Kier alpha value is -2.76. The molecular formula is C16H16N4O2. The molecule has 0 saturated heterocycles. The van der Waals surface area contributed by atoms with Crippen LogP contribution in [0.5, 0.6) is 0 Å². The number of nitrogens with one attached hydrogen (secondary N) is 2. The van der Waals surface area contributed by atoms with E-state index >= 15 is 0 Å². The Kier molecular flexibility index (Phi) is 4.09. The third-order valence-corrected chi connectivity index (χ3v) is 3.35. The van der Waals surface area contributed by atoms with Crippen molar-refractivity contribution in [1.82, 2.24) is 20.6 Å². The van der Waals surface area contributed by atoms with E-state index < -0.39 is 0 Å². The molecule has 1 aliphatic carbocycles. The number of carbonyl (C=O) groups is 2. The predicted molar refractivity (Wildman–Crippen MR) is 80.1 cm³/mol. The van der Waals surface area contributed by atoms with E-state index in [1.54, 1.807) is 18.5 Å². The van der Waals surface area contributed by atoms with Crippen LogP contribution in [0.2, 0.25) is 0 Å². The highest BCUT2D eigenvalue weighted by molar-refractivity contribution is 5.99. The van der Waals surface area contributed by atoms with Crippen LogP contribution in [0.15, 0.2) is 43.0 Å². The molecular weight excluding hydrogens is 280 g/mol. The quantitative estimate of drug-likeness (QED) is 0.871. The average molecular weight is 296 g/mol. The molecule has 2 heterocycles. The number of nitrogens with zero attached hydrogens (tertiary/aromatic N) is 2. The van der Waals surface area contributed by atoms with Crippen LogP contribution in [0.3, 0.4) is 0 Å². The molecule has 6 heteroatoms. The van der Waals surface area contributed by atoms with Crippen molar-refractivity contribution in [2.75, 3.05) is 0 Å². The molecule has 112 valence electrons. The Labute approximate surface area is 128 Å². The Morgan fingerprint density at radius 2 is 1.86 bits per heavy atom. The minimum atomic E-state index is -0.266. The number of rotatable bonds is 5. The van der Waals surface area contributed by atoms with E-state index in [-0.39, 0.29) is 17.9 Å². The van der Waals surface area contributed by atoms with Gasteiger partial charge in [-0.1, -0.05) is 6.07 Å². The Balaban J connectivity index is 1.63. The lowest BCUT2D eigenvalue weighted by atomic mass is 10.2. The van der Waals surface area contributed by atoms with Crippen LogP contribution < -0.4 is 10.6 Å². The van der Waals surface area contributed by atoms with Gasteiger partial charge >= 0.3 is 0 Å². The van der Waals surface area contributed by atoms with E-state index in [9.17, 15) is 9.59 Å². The van der Waals surface area contributed by atoms with Crippen molar-refractivity contribution in [2.45, 2.75) is 25.4 Å². The first-order valence-corrected chi connectivity index (χ1v) is 7.15. The fraction of sp³-hybridized carbons (Fsp3) is 0.250. The molecule has 0 aromatic carbocycles. The van der Waals surface area contributed by atoms with Gasteiger partial charge in [0.2, 0.25) is 0 Å². The Bertz CT molecular complexity index is 684. The summed E-state index contributed by atoms with van der Waals surface area (Å²) in [4.78, 5) is 32.0.